The summed E-state index contributed by atoms with van der Waals surface area (Å²) in [7, 11) is -1.04. The topological polar surface area (TPSA) is 113 Å². The van der Waals surface area contributed by atoms with E-state index in [1.54, 1.807) is 6.92 Å². The molecule has 0 aromatic carbocycles. The summed E-state index contributed by atoms with van der Waals surface area (Å²) in [5, 5.41) is 12.6. The van der Waals surface area contributed by atoms with E-state index in [1.807, 2.05) is 0 Å². The Hall–Kier alpha value is -1.44. The highest BCUT2D eigenvalue weighted by Gasteiger charge is 2.11. The van der Waals surface area contributed by atoms with Gasteiger partial charge in [0.2, 0.25) is 5.91 Å². The first-order chi connectivity index (χ1) is 8.32. The van der Waals surface area contributed by atoms with Crippen LogP contribution < -0.4 is 10.6 Å². The van der Waals surface area contributed by atoms with Crippen LogP contribution in [0.25, 0.3) is 0 Å². The minimum absolute atomic E-state index is 0.0189. The minimum Gasteiger partial charge on any atom is -0.481 e. The summed E-state index contributed by atoms with van der Waals surface area (Å²) in [5.74, 6) is -1.51. The molecule has 0 aliphatic carbocycles. The number of aliphatic carboxylic acids is 1. The van der Waals surface area contributed by atoms with Gasteiger partial charge in [0.05, 0.1) is 0 Å². The van der Waals surface area contributed by atoms with Crippen LogP contribution in [0.15, 0.2) is 0 Å². The summed E-state index contributed by atoms with van der Waals surface area (Å²) in [4.78, 5) is 32.6. The van der Waals surface area contributed by atoms with Crippen LogP contribution in [0, 0.1) is 0 Å². The molecule has 0 aromatic heterocycles. The average Bonchev–Trinajstić information content (AvgIpc) is 2.24. The molecule has 0 aliphatic rings. The molecule has 0 saturated heterocycles. The number of nitrogens with one attached hydrogen (secondary N) is 2. The quantitative estimate of drug-likeness (QED) is 0.598. The number of carbonyl (C=O) groups is 3. The molecule has 104 valence electrons. The van der Waals surface area contributed by atoms with Crippen molar-refractivity contribution in [1.29, 1.82) is 0 Å². The molecule has 7 nitrogen and oxygen atoms in total. The molecule has 0 fully saturated rings. The Balaban J connectivity index is 3.77. The van der Waals surface area contributed by atoms with Gasteiger partial charge in [-0.25, -0.2) is 4.79 Å². The molecule has 0 radical (unpaired) electrons. The third-order valence-electron chi connectivity index (χ3n) is 2.16. The molecule has 0 aliphatic heterocycles. The second kappa shape index (κ2) is 8.62. The van der Waals surface area contributed by atoms with Gasteiger partial charge >= 0.3 is 12.0 Å². The molecule has 18 heavy (non-hydrogen) atoms. The lowest BCUT2D eigenvalue weighted by atomic mass is 10.2. The Morgan fingerprint density at radius 3 is 2.39 bits per heavy atom. The first kappa shape index (κ1) is 16.6. The van der Waals surface area contributed by atoms with Gasteiger partial charge in [-0.1, -0.05) is 0 Å². The lowest BCUT2D eigenvalue weighted by molar-refractivity contribution is -0.137. The van der Waals surface area contributed by atoms with Crippen LogP contribution in [-0.2, 0) is 20.4 Å². The first-order valence-corrected chi connectivity index (χ1v) is 7.06. The van der Waals surface area contributed by atoms with Crippen LogP contribution in [0.1, 0.15) is 26.2 Å². The highest BCUT2D eigenvalue weighted by atomic mass is 32.2. The normalized spacial score (nSPS) is 13.4. The zero-order valence-corrected chi connectivity index (χ0v) is 11.2. The number of imide groups is 1. The van der Waals surface area contributed by atoms with E-state index in [0.29, 0.717) is 0 Å². The molecule has 8 heteroatoms. The van der Waals surface area contributed by atoms with Crippen molar-refractivity contribution in [2.45, 2.75) is 31.4 Å². The van der Waals surface area contributed by atoms with Crippen molar-refractivity contribution in [1.82, 2.24) is 10.6 Å². The van der Waals surface area contributed by atoms with Crippen LogP contribution in [-0.4, -0.2) is 45.3 Å². The average molecular weight is 278 g/mol. The molecule has 0 saturated carbocycles. The van der Waals surface area contributed by atoms with Gasteiger partial charge in [-0.15, -0.1) is 0 Å². The van der Waals surface area contributed by atoms with E-state index < -0.39 is 28.7 Å². The molecule has 2 atom stereocenters. The Morgan fingerprint density at radius 1 is 1.28 bits per heavy atom. The maximum absolute atomic E-state index is 11.2. The minimum atomic E-state index is -1.04. The van der Waals surface area contributed by atoms with Gasteiger partial charge in [-0.2, -0.15) is 0 Å². The van der Waals surface area contributed by atoms with Gasteiger partial charge < -0.3 is 10.4 Å². The maximum Gasteiger partial charge on any atom is 0.321 e. The van der Waals surface area contributed by atoms with Crippen molar-refractivity contribution < 1.29 is 23.7 Å². The van der Waals surface area contributed by atoms with Crippen LogP contribution >= 0.6 is 0 Å². The van der Waals surface area contributed by atoms with Crippen molar-refractivity contribution in [2.24, 2.45) is 0 Å². The zero-order valence-electron chi connectivity index (χ0n) is 10.4. The van der Waals surface area contributed by atoms with Gasteiger partial charge in [-0.05, 0) is 13.3 Å². The van der Waals surface area contributed by atoms with Crippen LogP contribution in [0.5, 0.6) is 0 Å². The van der Waals surface area contributed by atoms with Crippen molar-refractivity contribution in [3.8, 4) is 0 Å². The zero-order chi connectivity index (χ0) is 14.1. The summed E-state index contributed by atoms with van der Waals surface area (Å²) < 4.78 is 11.0. The van der Waals surface area contributed by atoms with Crippen LogP contribution in [0.3, 0.4) is 0 Å². The van der Waals surface area contributed by atoms with E-state index in [0.717, 1.165) is 0 Å². The number of urea groups is 1. The lowest BCUT2D eigenvalue weighted by Gasteiger charge is -2.10. The molecular formula is C10H18N2O5S. The fraction of sp³-hybridized carbons (Fsp3) is 0.700. The second-order valence-electron chi connectivity index (χ2n) is 3.81. The van der Waals surface area contributed by atoms with Crippen LogP contribution in [0.2, 0.25) is 0 Å². The number of rotatable bonds is 7. The third-order valence-corrected chi connectivity index (χ3v) is 3.46. The van der Waals surface area contributed by atoms with E-state index in [9.17, 15) is 18.6 Å². The second-order valence-corrected chi connectivity index (χ2v) is 5.62. The number of carbonyl (C=O) groups excluding carboxylic acids is 2. The molecule has 3 N–H and O–H groups in total. The van der Waals surface area contributed by atoms with E-state index >= 15 is 0 Å². The Bertz CT molecular complexity index is 345. The number of hydrogen-bond acceptors (Lipinski definition) is 4. The number of carboxylic acid groups (broad SMARTS) is 1. The lowest BCUT2D eigenvalue weighted by Crippen LogP contribution is -2.42. The highest BCUT2D eigenvalue weighted by molar-refractivity contribution is 7.84. The van der Waals surface area contributed by atoms with Crippen molar-refractivity contribution in [3.05, 3.63) is 0 Å². The van der Waals surface area contributed by atoms with E-state index in [1.165, 1.54) is 6.26 Å². The predicted molar refractivity (Wildman–Crippen MR) is 66.6 cm³/mol. The van der Waals surface area contributed by atoms with Gasteiger partial charge in [0, 0.05) is 41.7 Å². The summed E-state index contributed by atoms with van der Waals surface area (Å²) >= 11 is 0. The monoisotopic (exact) mass is 278 g/mol. The molecular weight excluding hydrogens is 260 g/mol. The predicted octanol–water partition coefficient (Wildman–Crippen LogP) is -0.166. The Labute approximate surface area is 108 Å². The Morgan fingerprint density at radius 2 is 1.89 bits per heavy atom. The molecule has 0 aromatic rings. The number of carboxylic acids is 1. The number of hydrogen-bond donors (Lipinski definition) is 3. The maximum atomic E-state index is 11.2. The molecule has 0 rings (SSSR count). The highest BCUT2D eigenvalue weighted by Crippen LogP contribution is 1.95. The first-order valence-electron chi connectivity index (χ1n) is 5.44. The largest absolute Gasteiger partial charge is 0.481 e. The van der Waals surface area contributed by atoms with Gasteiger partial charge in [0.15, 0.2) is 0 Å². The smallest absolute Gasteiger partial charge is 0.321 e. The molecule has 3 amide bonds. The molecule has 0 heterocycles. The van der Waals surface area contributed by atoms with E-state index in [-0.39, 0.29) is 31.1 Å². The van der Waals surface area contributed by atoms with Gasteiger partial charge in [0.1, 0.15) is 0 Å². The molecule has 0 bridgehead atoms. The summed E-state index contributed by atoms with van der Waals surface area (Å²) in [6.07, 6.45) is 1.58. The van der Waals surface area contributed by atoms with E-state index in [4.69, 9.17) is 5.11 Å². The SMILES string of the molecule is CC(CNC(=O)NC(=O)CCCC(=O)O)S(C)=O. The van der Waals surface area contributed by atoms with Gasteiger partial charge in [0.25, 0.3) is 0 Å². The summed E-state index contributed by atoms with van der Waals surface area (Å²) in [6, 6.07) is -0.660. The van der Waals surface area contributed by atoms with Crippen molar-refractivity contribution in [3.63, 3.8) is 0 Å². The van der Waals surface area contributed by atoms with Crippen molar-refractivity contribution >= 4 is 28.7 Å². The standard InChI is InChI=1S/C10H18N2O5S/c1-7(18(2)17)6-11-10(16)12-8(13)4-3-5-9(14)15/h7H,3-6H2,1-2H3,(H,14,15)(H2,11,12,13,16). The number of amides is 3. The fourth-order valence-corrected chi connectivity index (χ4v) is 1.31. The fourth-order valence-electron chi connectivity index (χ4n) is 0.987. The summed E-state index contributed by atoms with van der Waals surface area (Å²) in [6.45, 7) is 1.92. The van der Waals surface area contributed by atoms with Crippen LogP contribution in [0.4, 0.5) is 4.79 Å². The Kier molecular flexibility index (Phi) is 7.93. The molecule has 2 unspecified atom stereocenters. The van der Waals surface area contributed by atoms with Crippen molar-refractivity contribution in [2.75, 3.05) is 12.8 Å². The molecule has 0 spiro atoms. The summed E-state index contributed by atoms with van der Waals surface area (Å²) in [5.41, 5.74) is 0. The van der Waals surface area contributed by atoms with Gasteiger partial charge in [-0.3, -0.25) is 19.1 Å². The third kappa shape index (κ3) is 8.68. The van der Waals surface area contributed by atoms with E-state index in [2.05, 4.69) is 10.6 Å².